The molecule has 22 heavy (non-hydrogen) atoms. The molecule has 5 heteroatoms. The Bertz CT molecular complexity index is 648. The molecule has 0 aliphatic carbocycles. The minimum atomic E-state index is -0.785. The Morgan fingerprint density at radius 1 is 1.32 bits per heavy atom. The van der Waals surface area contributed by atoms with Crippen molar-refractivity contribution in [1.29, 1.82) is 5.26 Å². The molecule has 2 bridgehead atoms. The second kappa shape index (κ2) is 6.21. The standard InChI is InChI=1S/C17H19NO3S/c1-21-16-7-3-6-14(15(16)10-18)17(19)11-8-12-4-2-5-13(9-11)22(12)20/h3,6-7,11-13H,2,4-5,8-9H2,1H3. The van der Waals surface area contributed by atoms with Crippen LogP contribution in [0.2, 0.25) is 0 Å². The largest absolute Gasteiger partial charge is 0.495 e. The Balaban J connectivity index is 1.89. The lowest BCUT2D eigenvalue weighted by molar-refractivity contribution is 0.0894. The molecule has 0 aromatic heterocycles. The van der Waals surface area contributed by atoms with Gasteiger partial charge < -0.3 is 4.74 Å². The van der Waals surface area contributed by atoms with Crippen LogP contribution in [-0.2, 0) is 10.8 Å². The molecule has 0 N–H and O–H groups in total. The summed E-state index contributed by atoms with van der Waals surface area (Å²) in [7, 11) is 0.714. The van der Waals surface area contributed by atoms with Crippen molar-refractivity contribution in [3.63, 3.8) is 0 Å². The van der Waals surface area contributed by atoms with Crippen molar-refractivity contribution in [3.8, 4) is 11.8 Å². The van der Waals surface area contributed by atoms with Gasteiger partial charge in [0.1, 0.15) is 17.4 Å². The van der Waals surface area contributed by atoms with Gasteiger partial charge >= 0.3 is 0 Å². The zero-order valence-electron chi connectivity index (χ0n) is 12.6. The van der Waals surface area contributed by atoms with E-state index >= 15 is 0 Å². The number of ketones is 1. The molecular formula is C17H19NO3S. The number of carbonyl (C=O) groups excluding carboxylic acids is 1. The number of rotatable bonds is 3. The summed E-state index contributed by atoms with van der Waals surface area (Å²) in [4.78, 5) is 12.9. The smallest absolute Gasteiger partial charge is 0.167 e. The summed E-state index contributed by atoms with van der Waals surface area (Å²) in [5.74, 6) is 0.323. The fraction of sp³-hybridized carbons (Fsp3) is 0.529. The molecule has 0 amide bonds. The first-order valence-electron chi connectivity index (χ1n) is 7.66. The third-order valence-corrected chi connectivity index (χ3v) is 6.97. The summed E-state index contributed by atoms with van der Waals surface area (Å²) < 4.78 is 17.4. The molecule has 1 aromatic carbocycles. The first-order chi connectivity index (χ1) is 10.7. The van der Waals surface area contributed by atoms with Gasteiger partial charge in [-0.1, -0.05) is 12.5 Å². The lowest BCUT2D eigenvalue weighted by Crippen LogP contribution is -2.41. The average Bonchev–Trinajstić information content (AvgIpc) is 2.53. The molecule has 2 saturated heterocycles. The summed E-state index contributed by atoms with van der Waals surface area (Å²) in [5, 5.41) is 9.65. The van der Waals surface area contributed by atoms with Crippen molar-refractivity contribution in [3.05, 3.63) is 29.3 Å². The molecule has 0 saturated carbocycles. The molecule has 2 unspecified atom stereocenters. The number of nitrogens with zero attached hydrogens (tertiary/aromatic N) is 1. The minimum absolute atomic E-state index is 0.00375. The van der Waals surface area contributed by atoms with Crippen molar-refractivity contribution in [2.75, 3.05) is 7.11 Å². The van der Waals surface area contributed by atoms with E-state index in [1.54, 1.807) is 18.2 Å². The normalized spacial score (nSPS) is 30.4. The molecule has 2 aliphatic rings. The first kappa shape index (κ1) is 15.2. The highest BCUT2D eigenvalue weighted by atomic mass is 32.2. The van der Waals surface area contributed by atoms with E-state index in [2.05, 4.69) is 6.07 Å². The van der Waals surface area contributed by atoms with Crippen LogP contribution in [0.15, 0.2) is 18.2 Å². The van der Waals surface area contributed by atoms with Crippen LogP contribution in [0.1, 0.15) is 48.0 Å². The van der Waals surface area contributed by atoms with Gasteiger partial charge in [0.05, 0.1) is 7.11 Å². The summed E-state index contributed by atoms with van der Waals surface area (Å²) in [6.45, 7) is 0. The lowest BCUT2D eigenvalue weighted by Gasteiger charge is -2.37. The molecule has 2 aliphatic heterocycles. The van der Waals surface area contributed by atoms with E-state index in [-0.39, 0.29) is 22.2 Å². The topological polar surface area (TPSA) is 67.2 Å². The van der Waals surface area contributed by atoms with E-state index in [9.17, 15) is 14.3 Å². The molecule has 3 rings (SSSR count). The van der Waals surface area contributed by atoms with Gasteiger partial charge in [-0.3, -0.25) is 9.00 Å². The van der Waals surface area contributed by atoms with Gasteiger partial charge in [-0.15, -0.1) is 0 Å². The number of hydrogen-bond acceptors (Lipinski definition) is 4. The summed E-state index contributed by atoms with van der Waals surface area (Å²) in [5.41, 5.74) is 0.754. The van der Waals surface area contributed by atoms with E-state index in [4.69, 9.17) is 4.74 Å². The molecule has 1 aromatic rings. The van der Waals surface area contributed by atoms with Gasteiger partial charge in [-0.2, -0.15) is 5.26 Å². The van der Waals surface area contributed by atoms with E-state index in [0.717, 1.165) is 19.3 Å². The Morgan fingerprint density at radius 3 is 2.59 bits per heavy atom. The van der Waals surface area contributed by atoms with Gasteiger partial charge in [0.15, 0.2) is 5.78 Å². The zero-order chi connectivity index (χ0) is 15.7. The maximum atomic E-state index is 12.9. The zero-order valence-corrected chi connectivity index (χ0v) is 13.4. The SMILES string of the molecule is COc1cccc(C(=O)C2CC3CCCC(C2)S3=O)c1C#N. The number of carbonyl (C=O) groups is 1. The van der Waals surface area contributed by atoms with Crippen LogP contribution in [0.5, 0.6) is 5.75 Å². The third-order valence-electron chi connectivity index (χ3n) is 4.80. The molecule has 2 fully saturated rings. The Morgan fingerprint density at radius 2 is 2.00 bits per heavy atom. The van der Waals surface area contributed by atoms with Gasteiger partial charge in [-0.05, 0) is 37.8 Å². The van der Waals surface area contributed by atoms with Crippen LogP contribution >= 0.6 is 0 Å². The molecule has 0 spiro atoms. The number of Topliss-reactive ketones (excluding diaryl/α,β-unsaturated/α-hetero) is 1. The number of fused-ring (bicyclic) bond motifs is 2. The quantitative estimate of drug-likeness (QED) is 0.804. The summed E-state index contributed by atoms with van der Waals surface area (Å²) in [6.07, 6.45) is 4.39. The van der Waals surface area contributed by atoms with E-state index < -0.39 is 10.8 Å². The van der Waals surface area contributed by atoms with Crippen LogP contribution in [0.25, 0.3) is 0 Å². The van der Waals surface area contributed by atoms with Crippen LogP contribution in [-0.4, -0.2) is 27.6 Å². The number of benzene rings is 1. The predicted molar refractivity (Wildman–Crippen MR) is 84.3 cm³/mol. The van der Waals surface area contributed by atoms with Crippen LogP contribution in [0.4, 0.5) is 0 Å². The lowest BCUT2D eigenvalue weighted by atomic mass is 9.83. The monoisotopic (exact) mass is 317 g/mol. The Kier molecular flexibility index (Phi) is 4.30. The van der Waals surface area contributed by atoms with Crippen LogP contribution < -0.4 is 4.74 Å². The van der Waals surface area contributed by atoms with E-state index in [1.165, 1.54) is 7.11 Å². The summed E-state index contributed by atoms with van der Waals surface area (Å²) in [6, 6.07) is 7.23. The number of ether oxygens (including phenoxy) is 1. The van der Waals surface area contributed by atoms with Gasteiger partial charge in [0.2, 0.25) is 0 Å². The second-order valence-corrected chi connectivity index (χ2v) is 8.02. The molecule has 2 atom stereocenters. The molecule has 0 radical (unpaired) electrons. The van der Waals surface area contributed by atoms with Crippen LogP contribution in [0, 0.1) is 17.2 Å². The number of methoxy groups -OCH3 is 1. The van der Waals surface area contributed by atoms with E-state index in [0.29, 0.717) is 29.7 Å². The highest BCUT2D eigenvalue weighted by molar-refractivity contribution is 7.86. The maximum absolute atomic E-state index is 12.9. The van der Waals surface area contributed by atoms with Gasteiger partial charge in [-0.25, -0.2) is 0 Å². The first-order valence-corrected chi connectivity index (χ1v) is 8.94. The molecule has 2 heterocycles. The fourth-order valence-electron chi connectivity index (χ4n) is 3.69. The fourth-order valence-corrected chi connectivity index (χ4v) is 5.88. The number of nitriles is 1. The average molecular weight is 317 g/mol. The third kappa shape index (κ3) is 2.56. The molecular weight excluding hydrogens is 298 g/mol. The predicted octanol–water partition coefficient (Wildman–Crippen LogP) is 2.83. The number of hydrogen-bond donors (Lipinski definition) is 0. The van der Waals surface area contributed by atoms with Crippen molar-refractivity contribution >= 4 is 16.6 Å². The molecule has 116 valence electrons. The van der Waals surface area contributed by atoms with Gasteiger partial charge in [0.25, 0.3) is 0 Å². The van der Waals surface area contributed by atoms with Crippen molar-refractivity contribution in [2.45, 2.75) is 42.6 Å². The van der Waals surface area contributed by atoms with Gasteiger partial charge in [0, 0.05) is 32.8 Å². The van der Waals surface area contributed by atoms with Crippen molar-refractivity contribution < 1.29 is 13.7 Å². The van der Waals surface area contributed by atoms with E-state index in [1.807, 2.05) is 0 Å². The highest BCUT2D eigenvalue weighted by Gasteiger charge is 2.41. The Labute approximate surface area is 132 Å². The molecule has 4 nitrogen and oxygen atoms in total. The van der Waals surface area contributed by atoms with Crippen LogP contribution in [0.3, 0.4) is 0 Å². The Hall–Kier alpha value is -1.67. The van der Waals surface area contributed by atoms with Crippen molar-refractivity contribution in [2.24, 2.45) is 5.92 Å². The maximum Gasteiger partial charge on any atom is 0.167 e. The second-order valence-electron chi connectivity index (χ2n) is 6.03. The van der Waals surface area contributed by atoms with Crippen molar-refractivity contribution in [1.82, 2.24) is 0 Å². The minimum Gasteiger partial charge on any atom is -0.495 e. The summed E-state index contributed by atoms with van der Waals surface area (Å²) >= 11 is 0. The highest BCUT2D eigenvalue weighted by Crippen LogP contribution is 2.39.